The van der Waals surface area contributed by atoms with Gasteiger partial charge in [0.1, 0.15) is 5.82 Å². The zero-order chi connectivity index (χ0) is 24.6. The lowest BCUT2D eigenvalue weighted by Crippen LogP contribution is -2.50. The second-order valence-electron chi connectivity index (χ2n) is 8.86. The molecule has 1 N–H and O–H groups in total. The third kappa shape index (κ3) is 3.88. The molecular weight excluding hydrogens is 457 g/mol. The van der Waals surface area contributed by atoms with Gasteiger partial charge in [0, 0.05) is 37.3 Å². The van der Waals surface area contributed by atoms with E-state index in [4.69, 9.17) is 4.98 Å². The lowest BCUT2D eigenvalue weighted by molar-refractivity contribution is 0.208. The fourth-order valence-corrected chi connectivity index (χ4v) is 4.54. The van der Waals surface area contributed by atoms with Gasteiger partial charge in [-0.1, -0.05) is 42.0 Å². The first-order valence-corrected chi connectivity index (χ1v) is 11.8. The third-order valence-electron chi connectivity index (χ3n) is 6.50. The molecule has 0 saturated carbocycles. The van der Waals surface area contributed by atoms with Gasteiger partial charge in [-0.25, -0.2) is 18.6 Å². The van der Waals surface area contributed by atoms with Crippen LogP contribution < -0.4 is 10.2 Å². The predicted octanol–water partition coefficient (Wildman–Crippen LogP) is 4.75. The Balaban J connectivity index is 1.33. The number of anilines is 2. The van der Waals surface area contributed by atoms with Crippen LogP contribution in [0.4, 0.5) is 20.8 Å². The molecule has 8 nitrogen and oxygen atoms in total. The SMILES string of the molecule is Cc1ccc(NC(=O)N2CCN(c3nc4ccccc4c4nnc(-c5ccccc5F)n34)CC2)cc1. The molecule has 0 atom stereocenters. The number of amides is 2. The van der Waals surface area contributed by atoms with Crippen LogP contribution in [0.15, 0.2) is 72.8 Å². The molecule has 3 aromatic carbocycles. The number of urea groups is 1. The molecule has 6 rings (SSSR count). The lowest BCUT2D eigenvalue weighted by atomic mass is 10.2. The molecule has 0 unspecified atom stereocenters. The molecule has 180 valence electrons. The molecule has 1 fully saturated rings. The minimum atomic E-state index is -0.372. The van der Waals surface area contributed by atoms with E-state index < -0.39 is 0 Å². The van der Waals surface area contributed by atoms with Crippen LogP contribution in [0.2, 0.25) is 0 Å². The van der Waals surface area contributed by atoms with Gasteiger partial charge < -0.3 is 15.1 Å². The highest BCUT2D eigenvalue weighted by Gasteiger charge is 2.26. The summed E-state index contributed by atoms with van der Waals surface area (Å²) in [6.45, 7) is 4.18. The highest BCUT2D eigenvalue weighted by molar-refractivity contribution is 5.93. The summed E-state index contributed by atoms with van der Waals surface area (Å²) in [5, 5.41) is 12.6. The monoisotopic (exact) mass is 481 g/mol. The minimum absolute atomic E-state index is 0.133. The van der Waals surface area contributed by atoms with E-state index in [1.165, 1.54) is 6.07 Å². The topological polar surface area (TPSA) is 78.7 Å². The first-order valence-electron chi connectivity index (χ1n) is 11.8. The molecule has 36 heavy (non-hydrogen) atoms. The number of carbonyl (C=O) groups excluding carboxylic acids is 1. The van der Waals surface area contributed by atoms with E-state index in [0.29, 0.717) is 49.2 Å². The summed E-state index contributed by atoms with van der Waals surface area (Å²) < 4.78 is 16.6. The first-order chi connectivity index (χ1) is 17.6. The van der Waals surface area contributed by atoms with E-state index >= 15 is 0 Å². The van der Waals surface area contributed by atoms with E-state index in [0.717, 1.165) is 22.2 Å². The van der Waals surface area contributed by atoms with Crippen LogP contribution in [-0.4, -0.2) is 56.7 Å². The lowest BCUT2D eigenvalue weighted by Gasteiger charge is -2.35. The maximum Gasteiger partial charge on any atom is 0.321 e. The number of benzene rings is 3. The smallest absolute Gasteiger partial charge is 0.321 e. The molecule has 9 heteroatoms. The van der Waals surface area contributed by atoms with Crippen LogP contribution >= 0.6 is 0 Å². The predicted molar refractivity (Wildman–Crippen MR) is 138 cm³/mol. The van der Waals surface area contributed by atoms with E-state index in [1.54, 1.807) is 23.1 Å². The number of rotatable bonds is 3. The second-order valence-corrected chi connectivity index (χ2v) is 8.86. The Kier molecular flexibility index (Phi) is 5.44. The van der Waals surface area contributed by atoms with Crippen molar-refractivity contribution in [1.29, 1.82) is 0 Å². The third-order valence-corrected chi connectivity index (χ3v) is 6.50. The van der Waals surface area contributed by atoms with Gasteiger partial charge in [-0.15, -0.1) is 10.2 Å². The summed E-state index contributed by atoms with van der Waals surface area (Å²) in [4.78, 5) is 21.7. The number of hydrogen-bond acceptors (Lipinski definition) is 5. The number of carbonyl (C=O) groups is 1. The second kappa shape index (κ2) is 8.92. The van der Waals surface area contributed by atoms with Gasteiger partial charge in [0.2, 0.25) is 5.95 Å². The summed E-state index contributed by atoms with van der Waals surface area (Å²) in [6.07, 6.45) is 0. The summed E-state index contributed by atoms with van der Waals surface area (Å²) in [5.74, 6) is 0.657. The largest absolute Gasteiger partial charge is 0.338 e. The molecule has 0 aliphatic carbocycles. The van der Waals surface area contributed by atoms with E-state index in [1.807, 2.05) is 59.9 Å². The van der Waals surface area contributed by atoms with Crippen LogP contribution in [-0.2, 0) is 0 Å². The van der Waals surface area contributed by atoms with Gasteiger partial charge in [-0.3, -0.25) is 0 Å². The molecular formula is C27H24FN7O. The fraction of sp³-hybridized carbons (Fsp3) is 0.185. The molecule has 0 radical (unpaired) electrons. The van der Waals surface area contributed by atoms with Crippen molar-refractivity contribution in [3.8, 4) is 11.4 Å². The van der Waals surface area contributed by atoms with Crippen LogP contribution in [0.25, 0.3) is 27.9 Å². The van der Waals surface area contributed by atoms with Crippen LogP contribution in [0.3, 0.4) is 0 Å². The average Bonchev–Trinajstić information content (AvgIpc) is 3.35. The summed E-state index contributed by atoms with van der Waals surface area (Å²) >= 11 is 0. The molecule has 0 spiro atoms. The number of aryl methyl sites for hydroxylation is 1. The van der Waals surface area contributed by atoms with Crippen molar-refractivity contribution in [2.75, 3.05) is 36.4 Å². The van der Waals surface area contributed by atoms with Crippen molar-refractivity contribution in [3.05, 3.63) is 84.2 Å². The number of halogens is 1. The van der Waals surface area contributed by atoms with Crippen molar-refractivity contribution >= 4 is 34.2 Å². The first kappa shape index (κ1) is 22.0. The zero-order valence-electron chi connectivity index (χ0n) is 19.7. The zero-order valence-corrected chi connectivity index (χ0v) is 19.7. The van der Waals surface area contributed by atoms with E-state index in [-0.39, 0.29) is 11.8 Å². The summed E-state index contributed by atoms with van der Waals surface area (Å²) in [7, 11) is 0. The molecule has 1 aliphatic heterocycles. The number of nitrogens with one attached hydrogen (secondary N) is 1. The number of piperazine rings is 1. The molecule has 1 aliphatic rings. The van der Waals surface area contributed by atoms with E-state index in [2.05, 4.69) is 20.4 Å². The Hall–Kier alpha value is -4.53. The standard InChI is InChI=1S/C27H24FN7O/c1-18-10-12-19(13-11-18)29-27(36)34-16-14-33(15-17-34)26-30-23-9-5-3-7-21(23)25-32-31-24(35(25)26)20-6-2-4-8-22(20)28/h2-13H,14-17H2,1H3,(H,29,36). The highest BCUT2D eigenvalue weighted by atomic mass is 19.1. The number of para-hydroxylation sites is 1. The van der Waals surface area contributed by atoms with Gasteiger partial charge in [0.25, 0.3) is 0 Å². The van der Waals surface area contributed by atoms with Crippen LogP contribution in [0.5, 0.6) is 0 Å². The van der Waals surface area contributed by atoms with Crippen molar-refractivity contribution < 1.29 is 9.18 Å². The van der Waals surface area contributed by atoms with Crippen molar-refractivity contribution in [2.24, 2.45) is 0 Å². The average molecular weight is 482 g/mol. The number of hydrogen-bond donors (Lipinski definition) is 1. The molecule has 0 bridgehead atoms. The van der Waals surface area contributed by atoms with E-state index in [9.17, 15) is 9.18 Å². The van der Waals surface area contributed by atoms with Gasteiger partial charge in [-0.05, 0) is 43.3 Å². The Morgan fingerprint density at radius 1 is 0.889 bits per heavy atom. The van der Waals surface area contributed by atoms with Crippen LogP contribution in [0.1, 0.15) is 5.56 Å². The Labute approximate surface area is 207 Å². The summed E-state index contributed by atoms with van der Waals surface area (Å²) in [5.41, 5.74) is 3.67. The molecule has 3 heterocycles. The van der Waals surface area contributed by atoms with Gasteiger partial charge in [0.15, 0.2) is 11.5 Å². The maximum absolute atomic E-state index is 14.7. The summed E-state index contributed by atoms with van der Waals surface area (Å²) in [6, 6.07) is 21.9. The number of aromatic nitrogens is 4. The Morgan fingerprint density at radius 2 is 1.61 bits per heavy atom. The molecule has 1 saturated heterocycles. The minimum Gasteiger partial charge on any atom is -0.338 e. The Morgan fingerprint density at radius 3 is 2.39 bits per heavy atom. The van der Waals surface area contributed by atoms with Gasteiger partial charge >= 0.3 is 6.03 Å². The van der Waals surface area contributed by atoms with Gasteiger partial charge in [0.05, 0.1) is 11.1 Å². The van der Waals surface area contributed by atoms with Crippen molar-refractivity contribution in [2.45, 2.75) is 6.92 Å². The normalized spacial score (nSPS) is 13.9. The Bertz CT molecular complexity index is 1570. The molecule has 5 aromatic rings. The van der Waals surface area contributed by atoms with Crippen molar-refractivity contribution in [1.82, 2.24) is 24.5 Å². The highest BCUT2D eigenvalue weighted by Crippen LogP contribution is 2.30. The number of nitrogens with zero attached hydrogens (tertiary/aromatic N) is 6. The van der Waals surface area contributed by atoms with Crippen molar-refractivity contribution in [3.63, 3.8) is 0 Å². The maximum atomic E-state index is 14.7. The van der Waals surface area contributed by atoms with Crippen LogP contribution in [0, 0.1) is 12.7 Å². The fourth-order valence-electron chi connectivity index (χ4n) is 4.54. The molecule has 2 amide bonds. The quantitative estimate of drug-likeness (QED) is 0.403. The number of fused-ring (bicyclic) bond motifs is 3. The van der Waals surface area contributed by atoms with Gasteiger partial charge in [-0.2, -0.15) is 0 Å². The molecule has 2 aromatic heterocycles.